The highest BCUT2D eigenvalue weighted by Crippen LogP contribution is 2.32. The molecule has 0 radical (unpaired) electrons. The van der Waals surface area contributed by atoms with E-state index >= 15 is 0 Å². The first-order chi connectivity index (χ1) is 12.0. The Morgan fingerprint density at radius 1 is 1.12 bits per heavy atom. The van der Waals surface area contributed by atoms with Gasteiger partial charge in [-0.25, -0.2) is 4.79 Å². The number of fused-ring (bicyclic) bond motifs is 1. The van der Waals surface area contributed by atoms with Crippen molar-refractivity contribution in [1.82, 2.24) is 0 Å². The molecule has 0 spiro atoms. The van der Waals surface area contributed by atoms with Crippen molar-refractivity contribution in [3.8, 4) is 11.5 Å². The van der Waals surface area contributed by atoms with Crippen molar-refractivity contribution >= 4 is 17.6 Å². The van der Waals surface area contributed by atoms with Gasteiger partial charge in [-0.1, -0.05) is 18.2 Å². The summed E-state index contributed by atoms with van der Waals surface area (Å²) in [5, 5.41) is 2.78. The van der Waals surface area contributed by atoms with Gasteiger partial charge in [-0.2, -0.15) is 0 Å². The van der Waals surface area contributed by atoms with Crippen LogP contribution in [-0.4, -0.2) is 31.7 Å². The zero-order valence-corrected chi connectivity index (χ0v) is 14.3. The van der Waals surface area contributed by atoms with Crippen LogP contribution in [0.1, 0.15) is 22.8 Å². The predicted molar refractivity (Wildman–Crippen MR) is 92.1 cm³/mol. The number of esters is 1. The van der Waals surface area contributed by atoms with Crippen LogP contribution in [0.15, 0.2) is 42.5 Å². The zero-order valence-electron chi connectivity index (χ0n) is 14.3. The van der Waals surface area contributed by atoms with Crippen LogP contribution in [0.25, 0.3) is 0 Å². The third kappa shape index (κ3) is 3.15. The monoisotopic (exact) mass is 341 g/mol. The number of rotatable bonds is 4. The number of nitrogens with one attached hydrogen (secondary N) is 1. The number of ether oxygens (including phenoxy) is 3. The van der Waals surface area contributed by atoms with Gasteiger partial charge in [-0.05, 0) is 30.7 Å². The normalized spacial score (nSPS) is 18.8. The zero-order chi connectivity index (χ0) is 18.0. The largest absolute Gasteiger partial charge is 0.493 e. The lowest BCUT2D eigenvalue weighted by Gasteiger charge is -2.33. The van der Waals surface area contributed by atoms with Crippen molar-refractivity contribution in [1.29, 1.82) is 0 Å². The lowest BCUT2D eigenvalue weighted by atomic mass is 9.89. The molecule has 6 heteroatoms. The molecule has 25 heavy (non-hydrogen) atoms. The molecule has 1 amide bonds. The average molecular weight is 341 g/mol. The molecule has 1 aliphatic heterocycles. The van der Waals surface area contributed by atoms with Crippen molar-refractivity contribution in [3.05, 3.63) is 53.6 Å². The van der Waals surface area contributed by atoms with E-state index in [2.05, 4.69) is 5.32 Å². The summed E-state index contributed by atoms with van der Waals surface area (Å²) in [4.78, 5) is 24.9. The molecular formula is C19H19NO5. The summed E-state index contributed by atoms with van der Waals surface area (Å²) in [6.07, 6.45) is 0.314. The molecule has 0 unspecified atom stereocenters. The molecule has 0 aromatic heterocycles. The Morgan fingerprint density at radius 2 is 1.84 bits per heavy atom. The van der Waals surface area contributed by atoms with Crippen molar-refractivity contribution in [2.75, 3.05) is 19.5 Å². The molecule has 2 aromatic rings. The van der Waals surface area contributed by atoms with Gasteiger partial charge in [-0.3, -0.25) is 4.79 Å². The van der Waals surface area contributed by atoms with Gasteiger partial charge in [0, 0.05) is 18.2 Å². The Hall–Kier alpha value is -3.02. The van der Waals surface area contributed by atoms with Gasteiger partial charge in [-0.15, -0.1) is 0 Å². The maximum absolute atomic E-state index is 12.7. The summed E-state index contributed by atoms with van der Waals surface area (Å²) in [7, 11) is 3.06. The van der Waals surface area contributed by atoms with Gasteiger partial charge in [0.15, 0.2) is 17.1 Å². The lowest BCUT2D eigenvalue weighted by Crippen LogP contribution is -2.48. The van der Waals surface area contributed by atoms with E-state index in [1.54, 1.807) is 37.3 Å². The van der Waals surface area contributed by atoms with Gasteiger partial charge in [0.05, 0.1) is 19.8 Å². The molecule has 130 valence electrons. The highest BCUT2D eigenvalue weighted by molar-refractivity contribution is 6.02. The van der Waals surface area contributed by atoms with Gasteiger partial charge < -0.3 is 19.5 Å². The van der Waals surface area contributed by atoms with Crippen LogP contribution in [0.5, 0.6) is 11.5 Å². The Kier molecular flexibility index (Phi) is 4.35. The molecule has 3 rings (SSSR count). The predicted octanol–water partition coefficient (Wildman–Crippen LogP) is 2.81. The number of carbonyl (C=O) groups is 2. The molecule has 2 aromatic carbocycles. The number of carbonyl (C=O) groups excluding carboxylic acids is 2. The molecule has 0 bridgehead atoms. The van der Waals surface area contributed by atoms with Gasteiger partial charge in [0.2, 0.25) is 0 Å². The van der Waals surface area contributed by atoms with E-state index in [0.717, 1.165) is 5.56 Å². The number of hydrogen-bond donors (Lipinski definition) is 1. The Labute approximate surface area is 145 Å². The van der Waals surface area contributed by atoms with Crippen LogP contribution in [0.2, 0.25) is 0 Å². The number of amides is 1. The first-order valence-electron chi connectivity index (χ1n) is 7.81. The lowest BCUT2D eigenvalue weighted by molar-refractivity contribution is -0.134. The second-order valence-corrected chi connectivity index (χ2v) is 5.98. The van der Waals surface area contributed by atoms with Crippen LogP contribution in [0.4, 0.5) is 5.69 Å². The van der Waals surface area contributed by atoms with E-state index in [9.17, 15) is 9.59 Å². The summed E-state index contributed by atoms with van der Waals surface area (Å²) >= 11 is 0. The molecule has 1 heterocycles. The van der Waals surface area contributed by atoms with Crippen LogP contribution in [-0.2, 0) is 16.0 Å². The smallest absolute Gasteiger partial charge is 0.339 e. The van der Waals surface area contributed by atoms with E-state index in [1.165, 1.54) is 14.2 Å². The van der Waals surface area contributed by atoms with Crippen molar-refractivity contribution in [3.63, 3.8) is 0 Å². The minimum absolute atomic E-state index is 0.314. The third-order valence-electron chi connectivity index (χ3n) is 4.20. The van der Waals surface area contributed by atoms with E-state index < -0.39 is 17.5 Å². The van der Waals surface area contributed by atoms with Crippen molar-refractivity contribution < 1.29 is 23.8 Å². The van der Waals surface area contributed by atoms with E-state index in [4.69, 9.17) is 14.2 Å². The summed E-state index contributed by atoms with van der Waals surface area (Å²) < 4.78 is 15.8. The number of anilines is 1. The molecule has 1 N–H and O–H groups in total. The Morgan fingerprint density at radius 3 is 2.56 bits per heavy atom. The van der Waals surface area contributed by atoms with Crippen LogP contribution in [0.3, 0.4) is 0 Å². The first-order valence-corrected chi connectivity index (χ1v) is 7.81. The summed E-state index contributed by atoms with van der Waals surface area (Å²) in [6.45, 7) is 1.61. The topological polar surface area (TPSA) is 73.9 Å². The molecule has 0 aliphatic carbocycles. The van der Waals surface area contributed by atoms with Gasteiger partial charge in [0.1, 0.15) is 0 Å². The van der Waals surface area contributed by atoms with E-state index in [0.29, 0.717) is 29.2 Å². The first kappa shape index (κ1) is 16.8. The van der Waals surface area contributed by atoms with E-state index in [1.807, 2.05) is 12.1 Å². The highest BCUT2D eigenvalue weighted by Gasteiger charge is 2.42. The minimum atomic E-state index is -1.28. The second kappa shape index (κ2) is 6.47. The quantitative estimate of drug-likeness (QED) is 0.866. The van der Waals surface area contributed by atoms with Crippen molar-refractivity contribution in [2.45, 2.75) is 18.9 Å². The number of hydrogen-bond acceptors (Lipinski definition) is 5. The standard InChI is InChI=1S/C19H19NO5/c1-19(11-12-6-4-5-7-14(12)17(21)25-19)18(22)20-13-8-9-15(23-2)16(10-13)24-3/h4-10H,11H2,1-3H3,(H,20,22)/t19-/m0/s1. The molecule has 1 aliphatic rings. The van der Waals surface area contributed by atoms with E-state index in [-0.39, 0.29) is 0 Å². The minimum Gasteiger partial charge on any atom is -0.493 e. The number of cyclic esters (lactones) is 1. The fraction of sp³-hybridized carbons (Fsp3) is 0.263. The Balaban J connectivity index is 1.83. The maximum Gasteiger partial charge on any atom is 0.339 e. The van der Waals surface area contributed by atoms with Crippen LogP contribution in [0, 0.1) is 0 Å². The van der Waals surface area contributed by atoms with Gasteiger partial charge >= 0.3 is 5.97 Å². The maximum atomic E-state index is 12.7. The summed E-state index contributed by atoms with van der Waals surface area (Å²) in [5.41, 5.74) is 0.542. The number of methoxy groups -OCH3 is 2. The second-order valence-electron chi connectivity index (χ2n) is 5.98. The molecule has 1 atom stereocenters. The SMILES string of the molecule is COc1ccc(NC(=O)[C@]2(C)Cc3ccccc3C(=O)O2)cc1OC. The third-order valence-corrected chi connectivity index (χ3v) is 4.20. The molecular weight excluding hydrogens is 322 g/mol. The Bertz CT molecular complexity index is 832. The molecule has 6 nitrogen and oxygen atoms in total. The molecule has 0 saturated heterocycles. The van der Waals surface area contributed by atoms with Crippen LogP contribution < -0.4 is 14.8 Å². The summed E-state index contributed by atoms with van der Waals surface area (Å²) in [6, 6.07) is 12.2. The summed E-state index contributed by atoms with van der Waals surface area (Å²) in [5.74, 6) is 0.163. The van der Waals surface area contributed by atoms with Crippen molar-refractivity contribution in [2.24, 2.45) is 0 Å². The molecule has 0 saturated carbocycles. The number of benzene rings is 2. The van der Waals surface area contributed by atoms with Crippen LogP contribution >= 0.6 is 0 Å². The molecule has 0 fully saturated rings. The fourth-order valence-corrected chi connectivity index (χ4v) is 2.84. The average Bonchev–Trinajstić information content (AvgIpc) is 2.61. The highest BCUT2D eigenvalue weighted by atomic mass is 16.6. The van der Waals surface area contributed by atoms with Gasteiger partial charge in [0.25, 0.3) is 5.91 Å². The fourth-order valence-electron chi connectivity index (χ4n) is 2.84.